The summed E-state index contributed by atoms with van der Waals surface area (Å²) in [6.45, 7) is 7.71. The van der Waals surface area contributed by atoms with E-state index in [-0.39, 0.29) is 24.0 Å². The van der Waals surface area contributed by atoms with Gasteiger partial charge in [-0.05, 0) is 24.3 Å². The maximum absolute atomic E-state index is 4.72. The molecule has 0 saturated heterocycles. The fraction of sp³-hybridized carbons (Fsp3) is 0.526. The molecule has 0 spiro atoms. The quantitative estimate of drug-likeness (QED) is 0.372. The van der Waals surface area contributed by atoms with E-state index in [0.29, 0.717) is 19.0 Å². The Bertz CT molecular complexity index is 695. The Balaban J connectivity index is 0.00000243. The lowest BCUT2D eigenvalue weighted by Gasteiger charge is -2.13. The summed E-state index contributed by atoms with van der Waals surface area (Å²) in [4.78, 5) is 4.72. The average molecular weight is 468 g/mol. The molecule has 2 heterocycles. The van der Waals surface area contributed by atoms with Gasteiger partial charge in [-0.1, -0.05) is 44.2 Å². The zero-order valence-electron chi connectivity index (χ0n) is 15.6. The third-order valence-electron chi connectivity index (χ3n) is 4.38. The fourth-order valence-corrected chi connectivity index (χ4v) is 2.91. The summed E-state index contributed by atoms with van der Waals surface area (Å²) < 4.78 is 2.22. The lowest BCUT2D eigenvalue weighted by atomic mass is 10.1. The Labute approximate surface area is 172 Å². The van der Waals surface area contributed by atoms with E-state index >= 15 is 0 Å². The molecule has 1 aromatic heterocycles. The summed E-state index contributed by atoms with van der Waals surface area (Å²) in [7, 11) is 0. The van der Waals surface area contributed by atoms with Gasteiger partial charge in [-0.25, -0.2) is 4.99 Å². The van der Waals surface area contributed by atoms with Crippen LogP contribution >= 0.6 is 24.0 Å². The standard InChI is InChI=1S/C19H28N6.HI/c1-15(2)10-11-20-19(21-13-16-7-4-3-5-8-16)22-14-18-24-23-17-9-6-12-25(17)18;/h3-5,7-8,15H,6,9-14H2,1-2H3,(H2,20,21,22);1H. The van der Waals surface area contributed by atoms with E-state index in [9.17, 15) is 0 Å². The first-order valence-electron chi connectivity index (χ1n) is 9.19. The Morgan fingerprint density at radius 3 is 2.77 bits per heavy atom. The van der Waals surface area contributed by atoms with E-state index in [0.717, 1.165) is 43.5 Å². The van der Waals surface area contributed by atoms with Gasteiger partial charge >= 0.3 is 0 Å². The van der Waals surface area contributed by atoms with Crippen molar-refractivity contribution in [3.05, 3.63) is 47.5 Å². The number of rotatable bonds is 7. The minimum atomic E-state index is 0. The topological polar surface area (TPSA) is 67.1 Å². The van der Waals surface area contributed by atoms with E-state index in [1.54, 1.807) is 0 Å². The highest BCUT2D eigenvalue weighted by atomic mass is 127. The molecule has 0 fully saturated rings. The van der Waals surface area contributed by atoms with Crippen LogP contribution in [0.1, 0.15) is 43.9 Å². The largest absolute Gasteiger partial charge is 0.356 e. The molecule has 3 rings (SSSR count). The van der Waals surface area contributed by atoms with Crippen molar-refractivity contribution in [1.82, 2.24) is 25.4 Å². The van der Waals surface area contributed by atoms with Crippen molar-refractivity contribution in [2.24, 2.45) is 10.9 Å². The molecule has 0 bridgehead atoms. The van der Waals surface area contributed by atoms with Gasteiger partial charge < -0.3 is 15.2 Å². The molecule has 142 valence electrons. The zero-order valence-corrected chi connectivity index (χ0v) is 17.9. The highest BCUT2D eigenvalue weighted by Gasteiger charge is 2.17. The maximum Gasteiger partial charge on any atom is 0.191 e. The van der Waals surface area contributed by atoms with Gasteiger partial charge in [0.15, 0.2) is 11.8 Å². The van der Waals surface area contributed by atoms with E-state index < -0.39 is 0 Å². The molecule has 0 radical (unpaired) electrons. The molecule has 26 heavy (non-hydrogen) atoms. The number of benzene rings is 1. The first kappa shape index (κ1) is 20.7. The molecule has 1 aromatic carbocycles. The number of aliphatic imine (C=N–C) groups is 1. The van der Waals surface area contributed by atoms with Crippen LogP contribution in [0.2, 0.25) is 0 Å². The molecule has 0 amide bonds. The molecular formula is C19H29IN6. The van der Waals surface area contributed by atoms with Crippen molar-refractivity contribution >= 4 is 29.9 Å². The van der Waals surface area contributed by atoms with Crippen LogP contribution in [0.4, 0.5) is 0 Å². The molecule has 6 nitrogen and oxygen atoms in total. The van der Waals surface area contributed by atoms with Gasteiger partial charge in [0.2, 0.25) is 0 Å². The highest BCUT2D eigenvalue weighted by Crippen LogP contribution is 2.13. The predicted octanol–water partition coefficient (Wildman–Crippen LogP) is 3.12. The van der Waals surface area contributed by atoms with Gasteiger partial charge in [0.25, 0.3) is 0 Å². The molecule has 7 heteroatoms. The van der Waals surface area contributed by atoms with Crippen LogP contribution in [0.3, 0.4) is 0 Å². The number of aryl methyl sites for hydroxylation is 1. The summed E-state index contributed by atoms with van der Waals surface area (Å²) in [5.41, 5.74) is 1.20. The minimum absolute atomic E-state index is 0. The third kappa shape index (κ3) is 5.96. The summed E-state index contributed by atoms with van der Waals surface area (Å²) in [5, 5.41) is 15.4. The number of fused-ring (bicyclic) bond motifs is 1. The van der Waals surface area contributed by atoms with Gasteiger partial charge in [0, 0.05) is 19.5 Å². The van der Waals surface area contributed by atoms with Crippen LogP contribution in [0, 0.1) is 5.92 Å². The molecule has 2 aromatic rings. The molecule has 2 N–H and O–H groups in total. The number of aromatic nitrogens is 3. The van der Waals surface area contributed by atoms with Crippen LogP contribution in [0.5, 0.6) is 0 Å². The second-order valence-corrected chi connectivity index (χ2v) is 6.90. The van der Waals surface area contributed by atoms with Gasteiger partial charge in [-0.2, -0.15) is 0 Å². The second kappa shape index (κ2) is 10.5. The number of nitrogens with one attached hydrogen (secondary N) is 2. The second-order valence-electron chi connectivity index (χ2n) is 6.90. The van der Waals surface area contributed by atoms with Gasteiger partial charge in [0.1, 0.15) is 5.82 Å². The van der Waals surface area contributed by atoms with Gasteiger partial charge in [0.05, 0.1) is 13.1 Å². The molecule has 0 aliphatic carbocycles. The monoisotopic (exact) mass is 468 g/mol. The Morgan fingerprint density at radius 1 is 1.19 bits per heavy atom. The molecule has 1 aliphatic rings. The maximum atomic E-state index is 4.72. The third-order valence-corrected chi connectivity index (χ3v) is 4.38. The van der Waals surface area contributed by atoms with Crippen LogP contribution in [0.15, 0.2) is 35.3 Å². The summed E-state index contributed by atoms with van der Waals surface area (Å²) in [6.07, 6.45) is 3.32. The molecule has 1 aliphatic heterocycles. The van der Waals surface area contributed by atoms with E-state index in [2.05, 4.69) is 51.4 Å². The summed E-state index contributed by atoms with van der Waals surface area (Å²) in [6, 6.07) is 10.3. The van der Waals surface area contributed by atoms with Crippen molar-refractivity contribution in [1.29, 1.82) is 0 Å². The van der Waals surface area contributed by atoms with Crippen molar-refractivity contribution in [2.45, 2.75) is 52.7 Å². The van der Waals surface area contributed by atoms with Crippen molar-refractivity contribution in [3.63, 3.8) is 0 Å². The number of guanidine groups is 1. The minimum Gasteiger partial charge on any atom is -0.356 e. The number of nitrogens with zero attached hydrogens (tertiary/aromatic N) is 4. The van der Waals surface area contributed by atoms with E-state index in [4.69, 9.17) is 4.99 Å². The van der Waals surface area contributed by atoms with E-state index in [1.807, 2.05) is 18.2 Å². The first-order chi connectivity index (χ1) is 12.2. The molecule has 0 unspecified atom stereocenters. The number of hydrogen-bond donors (Lipinski definition) is 2. The van der Waals surface area contributed by atoms with Crippen LogP contribution in [-0.2, 0) is 26.1 Å². The van der Waals surface area contributed by atoms with Crippen molar-refractivity contribution in [3.8, 4) is 0 Å². The van der Waals surface area contributed by atoms with Crippen LogP contribution < -0.4 is 10.6 Å². The smallest absolute Gasteiger partial charge is 0.191 e. The highest BCUT2D eigenvalue weighted by molar-refractivity contribution is 14.0. The van der Waals surface area contributed by atoms with Crippen LogP contribution in [0.25, 0.3) is 0 Å². The molecule has 0 saturated carbocycles. The number of halogens is 1. The van der Waals surface area contributed by atoms with Crippen molar-refractivity contribution in [2.75, 3.05) is 6.54 Å². The Kier molecular flexibility index (Phi) is 8.34. The fourth-order valence-electron chi connectivity index (χ4n) is 2.91. The van der Waals surface area contributed by atoms with Crippen molar-refractivity contribution < 1.29 is 0 Å². The average Bonchev–Trinajstić information content (AvgIpc) is 3.21. The summed E-state index contributed by atoms with van der Waals surface area (Å²) in [5.74, 6) is 3.60. The zero-order chi connectivity index (χ0) is 17.5. The van der Waals surface area contributed by atoms with Crippen LogP contribution in [-0.4, -0.2) is 27.3 Å². The van der Waals surface area contributed by atoms with E-state index in [1.165, 1.54) is 12.0 Å². The number of hydrogen-bond acceptors (Lipinski definition) is 3. The molecule has 0 atom stereocenters. The Hall–Kier alpha value is -1.64. The lowest BCUT2D eigenvalue weighted by molar-refractivity contribution is 0.571. The normalized spacial score (nSPS) is 13.4. The lowest BCUT2D eigenvalue weighted by Crippen LogP contribution is -2.38. The molecular weight excluding hydrogens is 439 g/mol. The van der Waals surface area contributed by atoms with Gasteiger partial charge in [-0.3, -0.25) is 0 Å². The Morgan fingerprint density at radius 2 is 2.00 bits per heavy atom. The van der Waals surface area contributed by atoms with Gasteiger partial charge in [-0.15, -0.1) is 34.2 Å². The predicted molar refractivity (Wildman–Crippen MR) is 116 cm³/mol. The SMILES string of the molecule is CC(C)CCNC(=NCc1ccccc1)NCc1nnc2n1CCC2.I. The summed E-state index contributed by atoms with van der Waals surface area (Å²) >= 11 is 0. The first-order valence-corrected chi connectivity index (χ1v) is 9.19.